The molecule has 2 rings (SSSR count). The Morgan fingerprint density at radius 2 is 2.00 bits per heavy atom. The third-order valence-corrected chi connectivity index (χ3v) is 3.35. The summed E-state index contributed by atoms with van der Waals surface area (Å²) >= 11 is 0. The summed E-state index contributed by atoms with van der Waals surface area (Å²) in [6.07, 6.45) is 0. The van der Waals surface area contributed by atoms with Gasteiger partial charge in [-0.3, -0.25) is 14.9 Å². The van der Waals surface area contributed by atoms with Crippen LogP contribution in [0.1, 0.15) is 18.5 Å². The van der Waals surface area contributed by atoms with Gasteiger partial charge in [-0.15, -0.1) is 0 Å². The molecule has 0 fully saturated rings. The number of carbonyl (C=O) groups excluding carboxylic acids is 1. The van der Waals surface area contributed by atoms with Crippen LogP contribution in [-0.4, -0.2) is 17.4 Å². The van der Waals surface area contributed by atoms with E-state index in [1.54, 1.807) is 19.1 Å². The van der Waals surface area contributed by atoms with Crippen LogP contribution in [0.2, 0.25) is 0 Å². The molecule has 0 unspecified atom stereocenters. The molecule has 7 nitrogen and oxygen atoms in total. The highest BCUT2D eigenvalue weighted by Gasteiger charge is 2.16. The van der Waals surface area contributed by atoms with Gasteiger partial charge in [0.2, 0.25) is 0 Å². The number of halogens is 1. The average molecular weight is 333 g/mol. The van der Waals surface area contributed by atoms with Crippen molar-refractivity contribution in [1.29, 1.82) is 0 Å². The highest BCUT2D eigenvalue weighted by atomic mass is 19.1. The number of ether oxygens (including phenoxy) is 1. The van der Waals surface area contributed by atoms with Crippen LogP contribution >= 0.6 is 0 Å². The molecule has 8 heteroatoms. The van der Waals surface area contributed by atoms with Gasteiger partial charge in [0.15, 0.2) is 12.3 Å². The first-order chi connectivity index (χ1) is 11.4. The lowest BCUT2D eigenvalue weighted by Gasteiger charge is -2.15. The van der Waals surface area contributed by atoms with E-state index in [4.69, 9.17) is 10.5 Å². The Bertz CT molecular complexity index is 749. The largest absolute Gasteiger partial charge is 0.481 e. The standard InChI is InChI=1S/C16H16FN3O4/c1-10(11-5-7-12(17)8-6-11)19-15(21)9-24-14-4-2-3-13(16(14)18)20(22)23/h2-8,10H,9,18H2,1H3,(H,19,21)/t10-/m1/s1. The Labute approximate surface area is 137 Å². The summed E-state index contributed by atoms with van der Waals surface area (Å²) in [5, 5.41) is 13.5. The minimum absolute atomic E-state index is 0.0637. The van der Waals surface area contributed by atoms with Crippen LogP contribution < -0.4 is 15.8 Å². The molecule has 0 aliphatic rings. The fraction of sp³-hybridized carbons (Fsp3) is 0.188. The van der Waals surface area contributed by atoms with E-state index in [1.165, 1.54) is 30.3 Å². The lowest BCUT2D eigenvalue weighted by atomic mass is 10.1. The Hall–Kier alpha value is -3.16. The van der Waals surface area contributed by atoms with Crippen molar-refractivity contribution < 1.29 is 18.8 Å². The van der Waals surface area contributed by atoms with Gasteiger partial charge in [0.05, 0.1) is 11.0 Å². The van der Waals surface area contributed by atoms with Crippen LogP contribution in [0, 0.1) is 15.9 Å². The smallest absolute Gasteiger partial charge is 0.295 e. The second-order valence-electron chi connectivity index (χ2n) is 5.08. The van der Waals surface area contributed by atoms with E-state index in [0.717, 1.165) is 5.56 Å². The number of nitrogens with two attached hydrogens (primary N) is 1. The quantitative estimate of drug-likeness (QED) is 0.480. The number of benzene rings is 2. The van der Waals surface area contributed by atoms with Crippen LogP contribution in [0.25, 0.3) is 0 Å². The topological polar surface area (TPSA) is 107 Å². The van der Waals surface area contributed by atoms with Crippen molar-refractivity contribution in [1.82, 2.24) is 5.32 Å². The molecule has 0 saturated heterocycles. The third-order valence-electron chi connectivity index (χ3n) is 3.35. The molecule has 1 atom stereocenters. The lowest BCUT2D eigenvalue weighted by Crippen LogP contribution is -2.31. The monoisotopic (exact) mass is 333 g/mol. The maximum atomic E-state index is 12.9. The molecular formula is C16H16FN3O4. The van der Waals surface area contributed by atoms with Crippen molar-refractivity contribution in [2.24, 2.45) is 0 Å². The third kappa shape index (κ3) is 4.19. The average Bonchev–Trinajstić information content (AvgIpc) is 2.54. The van der Waals surface area contributed by atoms with E-state index < -0.39 is 10.8 Å². The molecule has 0 radical (unpaired) electrons. The van der Waals surface area contributed by atoms with Gasteiger partial charge < -0.3 is 15.8 Å². The zero-order valence-corrected chi connectivity index (χ0v) is 12.9. The van der Waals surface area contributed by atoms with E-state index in [0.29, 0.717) is 0 Å². The van der Waals surface area contributed by atoms with Crippen LogP contribution in [0.3, 0.4) is 0 Å². The van der Waals surface area contributed by atoms with E-state index in [2.05, 4.69) is 5.32 Å². The molecule has 0 aromatic heterocycles. The minimum atomic E-state index is -0.626. The Morgan fingerprint density at radius 1 is 1.33 bits per heavy atom. The second kappa shape index (κ2) is 7.40. The Balaban J connectivity index is 1.95. The molecule has 1 amide bonds. The van der Waals surface area contributed by atoms with Crippen LogP contribution in [0.5, 0.6) is 5.75 Å². The summed E-state index contributed by atoms with van der Waals surface area (Å²) in [6, 6.07) is 9.51. The zero-order chi connectivity index (χ0) is 17.7. The van der Waals surface area contributed by atoms with E-state index in [-0.39, 0.29) is 35.6 Å². The summed E-state index contributed by atoms with van der Waals surface area (Å²) < 4.78 is 18.1. The first-order valence-electron chi connectivity index (χ1n) is 7.09. The van der Waals surface area contributed by atoms with Gasteiger partial charge >= 0.3 is 0 Å². The minimum Gasteiger partial charge on any atom is -0.481 e. The normalized spacial score (nSPS) is 11.6. The molecule has 0 heterocycles. The summed E-state index contributed by atoms with van der Waals surface area (Å²) in [7, 11) is 0. The molecule has 0 saturated carbocycles. The molecule has 0 spiro atoms. The first kappa shape index (κ1) is 17.2. The highest BCUT2D eigenvalue weighted by molar-refractivity contribution is 5.78. The maximum absolute atomic E-state index is 12.9. The number of carbonyl (C=O) groups is 1. The van der Waals surface area contributed by atoms with Gasteiger partial charge in [0, 0.05) is 6.07 Å². The molecule has 3 N–H and O–H groups in total. The van der Waals surface area contributed by atoms with Crippen molar-refractivity contribution >= 4 is 17.3 Å². The lowest BCUT2D eigenvalue weighted by molar-refractivity contribution is -0.384. The summed E-state index contributed by atoms with van der Waals surface area (Å²) in [5.41, 5.74) is 5.96. The number of amides is 1. The van der Waals surface area contributed by atoms with E-state index >= 15 is 0 Å². The molecular weight excluding hydrogens is 317 g/mol. The van der Waals surface area contributed by atoms with Gasteiger partial charge in [-0.05, 0) is 30.7 Å². The van der Waals surface area contributed by atoms with Gasteiger partial charge in [0.1, 0.15) is 11.6 Å². The van der Waals surface area contributed by atoms with Crippen LogP contribution in [0.15, 0.2) is 42.5 Å². The fourth-order valence-corrected chi connectivity index (χ4v) is 2.08. The number of nitro groups is 1. The molecule has 2 aromatic carbocycles. The molecule has 0 bridgehead atoms. The predicted molar refractivity (Wildman–Crippen MR) is 86.0 cm³/mol. The van der Waals surface area contributed by atoms with Crippen LogP contribution in [-0.2, 0) is 4.79 Å². The van der Waals surface area contributed by atoms with Crippen molar-refractivity contribution in [2.75, 3.05) is 12.3 Å². The summed E-state index contributed by atoms with van der Waals surface area (Å²) in [5.74, 6) is -0.728. The molecule has 126 valence electrons. The van der Waals surface area contributed by atoms with Gasteiger partial charge in [-0.2, -0.15) is 0 Å². The molecule has 24 heavy (non-hydrogen) atoms. The number of rotatable bonds is 6. The van der Waals surface area contributed by atoms with E-state index in [9.17, 15) is 19.3 Å². The number of hydrogen-bond donors (Lipinski definition) is 2. The van der Waals surface area contributed by atoms with Gasteiger partial charge in [0.25, 0.3) is 11.6 Å². The van der Waals surface area contributed by atoms with Crippen molar-refractivity contribution in [3.63, 3.8) is 0 Å². The number of hydrogen-bond acceptors (Lipinski definition) is 5. The van der Waals surface area contributed by atoms with E-state index in [1.807, 2.05) is 0 Å². The summed E-state index contributed by atoms with van der Waals surface area (Å²) in [6.45, 7) is 1.39. The summed E-state index contributed by atoms with van der Waals surface area (Å²) in [4.78, 5) is 22.1. The van der Waals surface area contributed by atoms with Crippen molar-refractivity contribution in [2.45, 2.75) is 13.0 Å². The Morgan fingerprint density at radius 3 is 2.62 bits per heavy atom. The van der Waals surface area contributed by atoms with Crippen LogP contribution in [0.4, 0.5) is 15.8 Å². The Kier molecular flexibility index (Phi) is 5.31. The fourth-order valence-electron chi connectivity index (χ4n) is 2.08. The predicted octanol–water partition coefficient (Wildman–Crippen LogP) is 2.57. The number of nitrogen functional groups attached to an aromatic ring is 1. The van der Waals surface area contributed by atoms with Gasteiger partial charge in [-0.25, -0.2) is 4.39 Å². The highest BCUT2D eigenvalue weighted by Crippen LogP contribution is 2.30. The number of para-hydroxylation sites is 1. The SMILES string of the molecule is C[C@@H](NC(=O)COc1cccc([N+](=O)[O-])c1N)c1ccc(F)cc1. The molecule has 0 aliphatic heterocycles. The zero-order valence-electron chi connectivity index (χ0n) is 12.9. The second-order valence-corrected chi connectivity index (χ2v) is 5.08. The number of nitrogens with zero attached hydrogens (tertiary/aromatic N) is 1. The van der Waals surface area contributed by atoms with Crippen molar-refractivity contribution in [3.05, 3.63) is 64.0 Å². The first-order valence-corrected chi connectivity index (χ1v) is 7.09. The molecule has 2 aromatic rings. The number of nitrogens with one attached hydrogen (secondary N) is 1. The number of anilines is 1. The van der Waals surface area contributed by atoms with Gasteiger partial charge in [-0.1, -0.05) is 18.2 Å². The van der Waals surface area contributed by atoms with Crippen molar-refractivity contribution in [3.8, 4) is 5.75 Å². The molecule has 0 aliphatic carbocycles. The maximum Gasteiger partial charge on any atom is 0.295 e. The number of nitro benzene ring substituents is 1.